The topological polar surface area (TPSA) is 26.3 Å². The van der Waals surface area contributed by atoms with Gasteiger partial charge in [-0.2, -0.15) is 0 Å². The number of esters is 1. The van der Waals surface area contributed by atoms with Crippen LogP contribution >= 0.6 is 0 Å². The molecule has 1 aliphatic carbocycles. The minimum absolute atomic E-state index is 0.193. The van der Waals surface area contributed by atoms with Gasteiger partial charge >= 0.3 is 5.97 Å². The predicted molar refractivity (Wildman–Crippen MR) is 70.7 cm³/mol. The SMILES string of the molecule is CCOC(=O)C(C)=CC1C(C)=CCCC1(C)C. The van der Waals surface area contributed by atoms with E-state index in [9.17, 15) is 4.79 Å². The molecule has 0 saturated heterocycles. The summed E-state index contributed by atoms with van der Waals surface area (Å²) in [5, 5.41) is 0. The summed E-state index contributed by atoms with van der Waals surface area (Å²) < 4.78 is 5.02. The van der Waals surface area contributed by atoms with Crippen molar-refractivity contribution in [3.8, 4) is 0 Å². The largest absolute Gasteiger partial charge is 0.463 e. The Morgan fingerprint density at radius 1 is 1.59 bits per heavy atom. The van der Waals surface area contributed by atoms with Crippen molar-refractivity contribution in [3.05, 3.63) is 23.3 Å². The molecule has 0 bridgehead atoms. The summed E-state index contributed by atoms with van der Waals surface area (Å²) in [6.45, 7) is 10.8. The fourth-order valence-electron chi connectivity index (χ4n) is 2.49. The third kappa shape index (κ3) is 3.45. The highest BCUT2D eigenvalue weighted by molar-refractivity contribution is 5.87. The summed E-state index contributed by atoms with van der Waals surface area (Å²) in [6.07, 6.45) is 6.66. The van der Waals surface area contributed by atoms with Gasteiger partial charge in [-0.3, -0.25) is 0 Å². The zero-order chi connectivity index (χ0) is 13.1. The molecule has 2 heteroatoms. The zero-order valence-electron chi connectivity index (χ0n) is 11.7. The first-order chi connectivity index (χ1) is 7.88. The van der Waals surface area contributed by atoms with Crippen molar-refractivity contribution >= 4 is 5.97 Å². The Kier molecular flexibility index (Phi) is 4.55. The van der Waals surface area contributed by atoms with E-state index in [1.54, 1.807) is 0 Å². The molecule has 0 fully saturated rings. The minimum atomic E-state index is -0.193. The molecule has 2 nitrogen and oxygen atoms in total. The third-order valence-corrected chi connectivity index (χ3v) is 3.60. The van der Waals surface area contributed by atoms with E-state index in [-0.39, 0.29) is 11.4 Å². The average Bonchev–Trinajstić information content (AvgIpc) is 2.23. The Balaban J connectivity index is 2.90. The number of hydrogen-bond acceptors (Lipinski definition) is 2. The maximum absolute atomic E-state index is 11.6. The molecule has 0 N–H and O–H groups in total. The van der Waals surface area contributed by atoms with Gasteiger partial charge in [-0.05, 0) is 39.0 Å². The maximum atomic E-state index is 11.6. The molecule has 0 heterocycles. The lowest BCUT2D eigenvalue weighted by Gasteiger charge is -2.37. The van der Waals surface area contributed by atoms with Crippen LogP contribution in [0.15, 0.2) is 23.3 Å². The molecule has 96 valence electrons. The van der Waals surface area contributed by atoms with Crippen LogP contribution < -0.4 is 0 Å². The normalized spacial score (nSPS) is 24.2. The first-order valence-electron chi connectivity index (χ1n) is 6.40. The molecule has 17 heavy (non-hydrogen) atoms. The van der Waals surface area contributed by atoms with Crippen LogP contribution in [0.2, 0.25) is 0 Å². The molecule has 1 atom stereocenters. The average molecular weight is 236 g/mol. The highest BCUT2D eigenvalue weighted by Crippen LogP contribution is 2.42. The van der Waals surface area contributed by atoms with E-state index >= 15 is 0 Å². The van der Waals surface area contributed by atoms with Crippen LogP contribution in [0.4, 0.5) is 0 Å². The van der Waals surface area contributed by atoms with Crippen LogP contribution in [0.3, 0.4) is 0 Å². The van der Waals surface area contributed by atoms with Crippen molar-refractivity contribution in [3.63, 3.8) is 0 Å². The number of rotatable bonds is 3. The molecule has 1 rings (SSSR count). The maximum Gasteiger partial charge on any atom is 0.333 e. The van der Waals surface area contributed by atoms with Crippen LogP contribution in [-0.2, 0) is 9.53 Å². The first-order valence-corrected chi connectivity index (χ1v) is 6.40. The van der Waals surface area contributed by atoms with E-state index in [1.807, 2.05) is 13.8 Å². The summed E-state index contributed by atoms with van der Waals surface area (Å²) >= 11 is 0. The van der Waals surface area contributed by atoms with E-state index < -0.39 is 0 Å². The van der Waals surface area contributed by atoms with E-state index in [2.05, 4.69) is 32.9 Å². The van der Waals surface area contributed by atoms with Crippen LogP contribution in [0.25, 0.3) is 0 Å². The van der Waals surface area contributed by atoms with Gasteiger partial charge in [-0.25, -0.2) is 4.79 Å². The predicted octanol–water partition coefficient (Wildman–Crippen LogP) is 3.88. The highest BCUT2D eigenvalue weighted by atomic mass is 16.5. The number of carbonyl (C=O) groups excluding carboxylic acids is 1. The summed E-state index contributed by atoms with van der Waals surface area (Å²) in [4.78, 5) is 11.6. The molecule has 1 aliphatic rings. The summed E-state index contributed by atoms with van der Waals surface area (Å²) in [7, 11) is 0. The molecular weight excluding hydrogens is 212 g/mol. The van der Waals surface area contributed by atoms with Gasteiger partial charge in [0, 0.05) is 11.5 Å². The van der Waals surface area contributed by atoms with Crippen molar-refractivity contribution in [1.29, 1.82) is 0 Å². The van der Waals surface area contributed by atoms with E-state index in [1.165, 1.54) is 12.0 Å². The second-order valence-corrected chi connectivity index (χ2v) is 5.52. The minimum Gasteiger partial charge on any atom is -0.463 e. The van der Waals surface area contributed by atoms with Gasteiger partial charge < -0.3 is 4.74 Å². The molecule has 0 aromatic carbocycles. The fourth-order valence-corrected chi connectivity index (χ4v) is 2.49. The number of allylic oxidation sites excluding steroid dienone is 3. The molecule has 0 radical (unpaired) electrons. The standard InChI is InChI=1S/C15H24O2/c1-6-17-14(16)12(3)10-13-11(2)8-7-9-15(13,4)5/h8,10,13H,6-7,9H2,1-5H3. The van der Waals surface area contributed by atoms with Crippen molar-refractivity contribution in [1.82, 2.24) is 0 Å². The molecule has 0 saturated carbocycles. The molecule has 0 amide bonds. The molecule has 1 unspecified atom stereocenters. The van der Waals surface area contributed by atoms with Crippen molar-refractivity contribution in [2.75, 3.05) is 6.61 Å². The Hall–Kier alpha value is -1.05. The first kappa shape index (κ1) is 14.0. The summed E-state index contributed by atoms with van der Waals surface area (Å²) in [6, 6.07) is 0. The van der Waals surface area contributed by atoms with Crippen molar-refractivity contribution < 1.29 is 9.53 Å². The van der Waals surface area contributed by atoms with E-state index in [0.29, 0.717) is 12.5 Å². The van der Waals surface area contributed by atoms with Crippen LogP contribution in [0.1, 0.15) is 47.5 Å². The highest BCUT2D eigenvalue weighted by Gasteiger charge is 2.31. The van der Waals surface area contributed by atoms with Crippen LogP contribution in [-0.4, -0.2) is 12.6 Å². The van der Waals surface area contributed by atoms with Gasteiger partial charge in [-0.15, -0.1) is 0 Å². The van der Waals surface area contributed by atoms with Gasteiger partial charge in [0.2, 0.25) is 0 Å². The Morgan fingerprint density at radius 3 is 2.76 bits per heavy atom. The number of ether oxygens (including phenoxy) is 1. The fraction of sp³-hybridized carbons (Fsp3) is 0.667. The molecule has 0 spiro atoms. The van der Waals surface area contributed by atoms with Crippen LogP contribution in [0, 0.1) is 11.3 Å². The smallest absolute Gasteiger partial charge is 0.333 e. The zero-order valence-corrected chi connectivity index (χ0v) is 11.7. The molecule has 0 aromatic rings. The monoisotopic (exact) mass is 236 g/mol. The van der Waals surface area contributed by atoms with Gasteiger partial charge in [0.05, 0.1) is 6.61 Å². The number of hydrogen-bond donors (Lipinski definition) is 0. The van der Waals surface area contributed by atoms with Crippen molar-refractivity contribution in [2.24, 2.45) is 11.3 Å². The van der Waals surface area contributed by atoms with Gasteiger partial charge in [0.15, 0.2) is 0 Å². The second-order valence-electron chi connectivity index (χ2n) is 5.52. The summed E-state index contributed by atoms with van der Waals surface area (Å²) in [5.74, 6) is 0.155. The Labute approximate surface area is 105 Å². The second kappa shape index (κ2) is 5.52. The quantitative estimate of drug-likeness (QED) is 0.422. The summed E-state index contributed by atoms with van der Waals surface area (Å²) in [5.41, 5.74) is 2.32. The lowest BCUT2D eigenvalue weighted by molar-refractivity contribution is -0.138. The van der Waals surface area contributed by atoms with E-state index in [4.69, 9.17) is 4.74 Å². The van der Waals surface area contributed by atoms with Crippen LogP contribution in [0.5, 0.6) is 0 Å². The third-order valence-electron chi connectivity index (χ3n) is 3.60. The lowest BCUT2D eigenvalue weighted by atomic mass is 9.68. The Morgan fingerprint density at radius 2 is 2.24 bits per heavy atom. The van der Waals surface area contributed by atoms with Gasteiger partial charge in [0.25, 0.3) is 0 Å². The Bertz CT molecular complexity index is 348. The van der Waals surface area contributed by atoms with Gasteiger partial charge in [-0.1, -0.05) is 31.6 Å². The van der Waals surface area contributed by atoms with Gasteiger partial charge in [0.1, 0.15) is 0 Å². The molecule has 0 aliphatic heterocycles. The van der Waals surface area contributed by atoms with Crippen molar-refractivity contribution in [2.45, 2.75) is 47.5 Å². The number of carbonyl (C=O) groups is 1. The molecule has 0 aromatic heterocycles. The van der Waals surface area contributed by atoms with E-state index in [0.717, 1.165) is 12.0 Å². The lowest BCUT2D eigenvalue weighted by Crippen LogP contribution is -2.27. The molecular formula is C15H24O2.